The van der Waals surface area contributed by atoms with Gasteiger partial charge in [0.05, 0.1) is 6.61 Å². The molecule has 3 heteroatoms. The summed E-state index contributed by atoms with van der Waals surface area (Å²) in [6.45, 7) is 0.508. The first kappa shape index (κ1) is 13.1. The Kier molecular flexibility index (Phi) is 5.76. The first-order valence-corrected chi connectivity index (χ1v) is 6.63. The number of hydrogen-bond donors (Lipinski definition) is 0. The number of rotatable bonds is 1. The maximum Gasteiger partial charge on any atom is 0.132 e. The van der Waals surface area contributed by atoms with E-state index in [1.165, 1.54) is 43.1 Å². The monoisotopic (exact) mass is 248 g/mol. The van der Waals surface area contributed by atoms with Crippen molar-refractivity contribution in [3.63, 3.8) is 0 Å². The smallest absolute Gasteiger partial charge is 0.132 e. The van der Waals surface area contributed by atoms with Gasteiger partial charge in [-0.15, -0.1) is 0 Å². The molecule has 0 bridgehead atoms. The van der Waals surface area contributed by atoms with Crippen molar-refractivity contribution in [2.45, 2.75) is 38.5 Å². The van der Waals surface area contributed by atoms with Crippen LogP contribution in [-0.4, -0.2) is 6.61 Å². The largest absolute Gasteiger partial charge is 0.316 e. The second-order valence-corrected chi connectivity index (χ2v) is 4.48. The van der Waals surface area contributed by atoms with E-state index >= 15 is 0 Å². The maximum absolute atomic E-state index is 4.90. The molecule has 1 aliphatic carbocycles. The molecule has 1 heterocycles. The molecular formula is C15H20O3. The zero-order chi connectivity index (χ0) is 12.5. The normalized spacial score (nSPS) is 31.6. The van der Waals surface area contributed by atoms with Crippen molar-refractivity contribution in [3.05, 3.63) is 47.8 Å². The van der Waals surface area contributed by atoms with Crippen LogP contribution in [0.25, 0.3) is 0 Å². The molecule has 1 aliphatic heterocycles. The first-order valence-electron chi connectivity index (χ1n) is 6.63. The third-order valence-corrected chi connectivity index (χ3v) is 3.14. The van der Waals surface area contributed by atoms with Crippen molar-refractivity contribution in [2.24, 2.45) is 0 Å². The van der Waals surface area contributed by atoms with Gasteiger partial charge in [-0.2, -0.15) is 4.89 Å². The molecule has 2 aliphatic rings. The highest BCUT2D eigenvalue weighted by Gasteiger charge is 2.07. The van der Waals surface area contributed by atoms with Gasteiger partial charge in [0.1, 0.15) is 6.26 Å². The van der Waals surface area contributed by atoms with Crippen LogP contribution in [0.4, 0.5) is 0 Å². The van der Waals surface area contributed by atoms with E-state index in [0.29, 0.717) is 6.61 Å². The molecule has 3 nitrogen and oxygen atoms in total. The van der Waals surface area contributed by atoms with E-state index in [4.69, 9.17) is 4.89 Å². The molecule has 18 heavy (non-hydrogen) atoms. The third kappa shape index (κ3) is 4.51. The molecule has 0 radical (unpaired) electrons. The minimum Gasteiger partial charge on any atom is -0.316 e. The minimum absolute atomic E-state index is 0.508. The summed E-state index contributed by atoms with van der Waals surface area (Å²) in [6.07, 6.45) is 19.1. The Hall–Kier alpha value is -1.32. The highest BCUT2D eigenvalue weighted by molar-refractivity contribution is 5.36. The zero-order valence-electron chi connectivity index (χ0n) is 10.6. The van der Waals surface area contributed by atoms with Crippen LogP contribution in [-0.2, 0) is 14.8 Å². The van der Waals surface area contributed by atoms with Crippen LogP contribution in [0.3, 0.4) is 0 Å². The summed E-state index contributed by atoms with van der Waals surface area (Å²) in [7, 11) is 0. The predicted octanol–water partition coefficient (Wildman–Crippen LogP) is 4.16. The third-order valence-electron chi connectivity index (χ3n) is 3.14. The fourth-order valence-electron chi connectivity index (χ4n) is 2.16. The number of allylic oxidation sites excluding steroid dienone is 6. The van der Waals surface area contributed by atoms with Crippen LogP contribution in [0.15, 0.2) is 47.8 Å². The fraction of sp³-hybridized carbons (Fsp3) is 0.467. The molecule has 98 valence electrons. The molecule has 0 saturated carbocycles. The van der Waals surface area contributed by atoms with E-state index in [2.05, 4.69) is 34.2 Å². The Bertz CT molecular complexity index is 328. The van der Waals surface area contributed by atoms with E-state index in [-0.39, 0.29) is 0 Å². The van der Waals surface area contributed by atoms with Crippen molar-refractivity contribution >= 4 is 0 Å². The second-order valence-electron chi connectivity index (χ2n) is 4.48. The van der Waals surface area contributed by atoms with Gasteiger partial charge in [0.15, 0.2) is 0 Å². The molecule has 2 rings (SSSR count). The first-order chi connectivity index (χ1) is 8.97. The van der Waals surface area contributed by atoms with Crippen LogP contribution in [0.2, 0.25) is 0 Å². The van der Waals surface area contributed by atoms with E-state index in [1.54, 1.807) is 0 Å². The Labute approximate surface area is 108 Å². The lowest BCUT2D eigenvalue weighted by Gasteiger charge is -2.10. The Morgan fingerprint density at radius 3 is 2.78 bits per heavy atom. The molecule has 0 aromatic heterocycles. The fourth-order valence-corrected chi connectivity index (χ4v) is 2.16. The van der Waals surface area contributed by atoms with Crippen molar-refractivity contribution in [1.82, 2.24) is 0 Å². The molecule has 0 amide bonds. The van der Waals surface area contributed by atoms with Gasteiger partial charge in [-0.05, 0) is 54.4 Å². The summed E-state index contributed by atoms with van der Waals surface area (Å²) in [4.78, 5) is 9.57. The van der Waals surface area contributed by atoms with Gasteiger partial charge in [0, 0.05) is 0 Å². The standard InChI is InChI=1S/C15H20O3/c1-2-4-6-9-14(8-5-3-1)15-10-7-12-16-18-17-13-11-15/h3,5,7-8,10,12H,1-2,4,6,9,11,13H2/b5-3-,12-7-,14-8+,15-10+. The van der Waals surface area contributed by atoms with Gasteiger partial charge in [0.25, 0.3) is 0 Å². The van der Waals surface area contributed by atoms with E-state index in [1.807, 2.05) is 6.08 Å². The SMILES string of the molecule is C1=C/CCCCCC(/C2=C/C=C\OOOCC2)=C\1. The predicted molar refractivity (Wildman–Crippen MR) is 70.3 cm³/mol. The molecule has 0 fully saturated rings. The summed E-state index contributed by atoms with van der Waals surface area (Å²) in [5, 5.41) is 4.50. The van der Waals surface area contributed by atoms with Crippen molar-refractivity contribution in [2.75, 3.05) is 6.61 Å². The van der Waals surface area contributed by atoms with Gasteiger partial charge < -0.3 is 4.89 Å². The summed E-state index contributed by atoms with van der Waals surface area (Å²) in [5.41, 5.74) is 2.69. The average Bonchev–Trinajstić information content (AvgIpc) is 2.61. The molecule has 0 atom stereocenters. The lowest BCUT2D eigenvalue weighted by Crippen LogP contribution is -1.98. The lowest BCUT2D eigenvalue weighted by atomic mass is 9.97. The lowest BCUT2D eigenvalue weighted by molar-refractivity contribution is -0.489. The molecule has 0 saturated heterocycles. The highest BCUT2D eigenvalue weighted by atomic mass is 17.5. The molecule has 0 aromatic carbocycles. The van der Waals surface area contributed by atoms with Crippen LogP contribution >= 0.6 is 0 Å². The van der Waals surface area contributed by atoms with Crippen LogP contribution in [0.5, 0.6) is 0 Å². The second kappa shape index (κ2) is 7.90. The van der Waals surface area contributed by atoms with Crippen LogP contribution in [0.1, 0.15) is 38.5 Å². The van der Waals surface area contributed by atoms with Crippen LogP contribution < -0.4 is 0 Å². The van der Waals surface area contributed by atoms with E-state index in [9.17, 15) is 0 Å². The van der Waals surface area contributed by atoms with Crippen molar-refractivity contribution < 1.29 is 14.8 Å². The molecule has 0 N–H and O–H groups in total. The van der Waals surface area contributed by atoms with Crippen molar-refractivity contribution in [3.8, 4) is 0 Å². The molecule has 0 aromatic rings. The highest BCUT2D eigenvalue weighted by Crippen LogP contribution is 2.23. The summed E-state index contributed by atoms with van der Waals surface area (Å²) in [6, 6.07) is 0. The van der Waals surface area contributed by atoms with Gasteiger partial charge in [-0.25, -0.2) is 0 Å². The van der Waals surface area contributed by atoms with E-state index in [0.717, 1.165) is 12.8 Å². The Balaban J connectivity index is 2.09. The van der Waals surface area contributed by atoms with E-state index < -0.39 is 0 Å². The molecule has 0 unspecified atom stereocenters. The molecule has 0 spiro atoms. The quantitative estimate of drug-likeness (QED) is 0.652. The van der Waals surface area contributed by atoms with Gasteiger partial charge in [-0.1, -0.05) is 30.7 Å². The summed E-state index contributed by atoms with van der Waals surface area (Å²) in [5.74, 6) is 0. The molecular weight excluding hydrogens is 228 g/mol. The summed E-state index contributed by atoms with van der Waals surface area (Å²) >= 11 is 0. The Morgan fingerprint density at radius 1 is 0.889 bits per heavy atom. The van der Waals surface area contributed by atoms with Crippen molar-refractivity contribution in [1.29, 1.82) is 0 Å². The Morgan fingerprint density at radius 2 is 1.78 bits per heavy atom. The minimum atomic E-state index is 0.508. The van der Waals surface area contributed by atoms with Crippen LogP contribution in [0, 0.1) is 0 Å². The average molecular weight is 248 g/mol. The topological polar surface area (TPSA) is 27.7 Å². The zero-order valence-corrected chi connectivity index (χ0v) is 10.6. The maximum atomic E-state index is 4.90. The van der Waals surface area contributed by atoms with Gasteiger partial charge >= 0.3 is 0 Å². The van der Waals surface area contributed by atoms with Gasteiger partial charge in [-0.3, -0.25) is 0 Å². The summed E-state index contributed by atoms with van der Waals surface area (Å²) < 4.78 is 0. The van der Waals surface area contributed by atoms with Gasteiger partial charge in [0.2, 0.25) is 0 Å². The number of hydrogen-bond acceptors (Lipinski definition) is 3.